The van der Waals surface area contributed by atoms with E-state index in [0.29, 0.717) is 11.8 Å². The number of thiophene rings is 1. The molecule has 0 saturated heterocycles. The second-order valence-corrected chi connectivity index (χ2v) is 28.3. The molecule has 1 aromatic carbocycles. The van der Waals surface area contributed by atoms with Gasteiger partial charge in [-0.25, -0.2) is 0 Å². The number of hydrogen-bond donors (Lipinski definition) is 0. The van der Waals surface area contributed by atoms with Crippen molar-refractivity contribution in [2.45, 2.75) is 188 Å². The summed E-state index contributed by atoms with van der Waals surface area (Å²) in [4.78, 5) is 5.29. The van der Waals surface area contributed by atoms with E-state index in [1.54, 1.807) is 0 Å². The number of anilines is 1. The van der Waals surface area contributed by atoms with Crippen LogP contribution in [0.25, 0.3) is 10.1 Å². The normalized spacial score (nSPS) is 23.8. The molecule has 72 heavy (non-hydrogen) atoms. The summed E-state index contributed by atoms with van der Waals surface area (Å²) in [5.41, 5.74) is 14.7. The van der Waals surface area contributed by atoms with Gasteiger partial charge in [0.1, 0.15) is 0 Å². The lowest BCUT2D eigenvalue weighted by atomic mass is 9.36. The highest BCUT2D eigenvalue weighted by Gasteiger charge is 2.45. The van der Waals surface area contributed by atoms with Gasteiger partial charge in [-0.3, -0.25) is 0 Å². The van der Waals surface area contributed by atoms with Gasteiger partial charge in [-0.1, -0.05) is 202 Å². The minimum Gasteiger partial charge on any atom is -0.354 e. The lowest BCUT2D eigenvalue weighted by Crippen LogP contribution is -2.54. The van der Waals surface area contributed by atoms with Gasteiger partial charge in [-0.2, -0.15) is 0 Å². The smallest absolute Gasteiger partial charge is 0.240 e. The molecule has 2 saturated carbocycles. The van der Waals surface area contributed by atoms with Crippen LogP contribution in [0.2, 0.25) is 0 Å². The fraction of sp³-hybridized carbons (Fsp3) is 0.529. The fourth-order valence-electron chi connectivity index (χ4n) is 11.3. The zero-order chi connectivity index (χ0) is 53.5. The number of hydrogen-bond acceptors (Lipinski definition) is 3. The standard InChI is InChI=1S/C68H97BN2S/c1-23-25-27-47(4)52(40-55-48(5)29-28-46(3)50(55)7)44-70-45-58-59(39-49(6)63(9,10)11)71(38-26-33-66(17,18)35-34-65(15,16)32-24-2)62-61(56-41-53(64(12,13)14)30-31-60(56)72-62)69(58)43-54(70)42-57-51(8)67(19,20)36-37-68(57,21)22/h23-27,30-33,40-46,48,59H,6-8,28-29,34-39H2,1-5,9-22H3/b25-23-,32-24+,33-26+,47-27+,52-44-,55-40-,57-42+. The summed E-state index contributed by atoms with van der Waals surface area (Å²) in [6, 6.07) is 7.41. The van der Waals surface area contributed by atoms with E-state index in [1.165, 1.54) is 89.1 Å². The average molecular weight is 985 g/mol. The van der Waals surface area contributed by atoms with Crippen molar-refractivity contribution in [3.63, 3.8) is 0 Å². The number of allylic oxidation sites excluding steroid dienone is 14. The Balaban J connectivity index is 1.69. The molecular weight excluding hydrogens is 888 g/mol. The van der Waals surface area contributed by atoms with Crippen LogP contribution in [0.15, 0.2) is 161 Å². The van der Waals surface area contributed by atoms with Crippen LogP contribution in [-0.2, 0) is 5.41 Å². The van der Waals surface area contributed by atoms with Crippen molar-refractivity contribution in [1.29, 1.82) is 0 Å². The van der Waals surface area contributed by atoms with Gasteiger partial charge in [0.25, 0.3) is 0 Å². The van der Waals surface area contributed by atoms with Crippen molar-refractivity contribution in [3.8, 4) is 0 Å². The molecule has 3 atom stereocenters. The number of nitrogens with zero attached hydrogens (tertiary/aromatic N) is 2. The van der Waals surface area contributed by atoms with Crippen LogP contribution in [0.1, 0.15) is 182 Å². The summed E-state index contributed by atoms with van der Waals surface area (Å²) in [5, 5.41) is 2.78. The largest absolute Gasteiger partial charge is 0.354 e. The Labute approximate surface area is 446 Å². The summed E-state index contributed by atoms with van der Waals surface area (Å²) in [7, 11) is 0. The first kappa shape index (κ1) is 57.0. The molecule has 2 aliphatic carbocycles. The van der Waals surface area contributed by atoms with Gasteiger partial charge in [0.15, 0.2) is 0 Å². The molecule has 2 fully saturated rings. The average Bonchev–Trinajstić information content (AvgIpc) is 3.67. The summed E-state index contributed by atoms with van der Waals surface area (Å²) in [5.74, 6) is 3.56. The van der Waals surface area contributed by atoms with Gasteiger partial charge in [0.05, 0.1) is 5.00 Å². The monoisotopic (exact) mass is 985 g/mol. The zero-order valence-corrected chi connectivity index (χ0v) is 49.9. The van der Waals surface area contributed by atoms with E-state index in [1.807, 2.05) is 11.3 Å². The molecule has 3 heterocycles. The summed E-state index contributed by atoms with van der Waals surface area (Å²) < 4.78 is 1.36. The quantitative estimate of drug-likeness (QED) is 0.106. The Kier molecular flexibility index (Phi) is 17.0. The molecule has 4 heteroatoms. The van der Waals surface area contributed by atoms with Crippen molar-refractivity contribution >= 4 is 38.6 Å². The molecule has 0 radical (unpaired) electrons. The number of rotatable bonds is 14. The molecule has 1 aromatic heterocycles. The summed E-state index contributed by atoms with van der Waals surface area (Å²) in [6.07, 6.45) is 34.0. The Morgan fingerprint density at radius 3 is 2.12 bits per heavy atom. The van der Waals surface area contributed by atoms with Crippen molar-refractivity contribution in [3.05, 3.63) is 167 Å². The van der Waals surface area contributed by atoms with Crippen molar-refractivity contribution in [1.82, 2.24) is 4.90 Å². The van der Waals surface area contributed by atoms with E-state index >= 15 is 0 Å². The summed E-state index contributed by atoms with van der Waals surface area (Å²) in [6.45, 7) is 59.9. The van der Waals surface area contributed by atoms with Crippen molar-refractivity contribution in [2.75, 3.05) is 11.4 Å². The Morgan fingerprint density at radius 2 is 1.50 bits per heavy atom. The predicted molar refractivity (Wildman–Crippen MR) is 324 cm³/mol. The van der Waals surface area contributed by atoms with E-state index in [4.69, 9.17) is 19.7 Å². The highest BCUT2D eigenvalue weighted by atomic mass is 32.1. The maximum atomic E-state index is 4.89. The first-order valence-corrected chi connectivity index (χ1v) is 28.5. The number of benzene rings is 1. The van der Waals surface area contributed by atoms with Crippen molar-refractivity contribution < 1.29 is 0 Å². The summed E-state index contributed by atoms with van der Waals surface area (Å²) >= 11 is 1.99. The fourth-order valence-corrected chi connectivity index (χ4v) is 12.6. The van der Waals surface area contributed by atoms with Crippen LogP contribution in [0.5, 0.6) is 0 Å². The second kappa shape index (κ2) is 21.5. The molecule has 6 rings (SSSR count). The molecular formula is C68H97BN2S. The third kappa shape index (κ3) is 12.8. The van der Waals surface area contributed by atoms with Crippen LogP contribution >= 0.6 is 11.3 Å². The van der Waals surface area contributed by atoms with Crippen LogP contribution in [0, 0.1) is 38.9 Å². The highest BCUT2D eigenvalue weighted by Crippen LogP contribution is 2.52. The predicted octanol–water partition coefficient (Wildman–Crippen LogP) is 19.5. The van der Waals surface area contributed by atoms with Crippen LogP contribution < -0.4 is 10.4 Å². The Hall–Kier alpha value is -4.28. The molecule has 4 aliphatic rings. The van der Waals surface area contributed by atoms with Gasteiger partial charge in [0, 0.05) is 35.4 Å². The minimum absolute atomic E-state index is 0.0142. The highest BCUT2D eigenvalue weighted by molar-refractivity contribution is 7.25. The lowest BCUT2D eigenvalue weighted by Gasteiger charge is -2.46. The van der Waals surface area contributed by atoms with Gasteiger partial charge in [-0.15, -0.1) is 11.3 Å². The third-order valence-corrected chi connectivity index (χ3v) is 18.5. The lowest BCUT2D eigenvalue weighted by molar-refractivity contribution is 0.260. The second-order valence-electron chi connectivity index (χ2n) is 27.3. The Morgan fingerprint density at radius 1 is 0.861 bits per heavy atom. The molecule has 0 amide bonds. The number of fused-ring (bicyclic) bond motifs is 5. The van der Waals surface area contributed by atoms with E-state index in [2.05, 4.69) is 233 Å². The molecule has 2 nitrogen and oxygen atoms in total. The van der Waals surface area contributed by atoms with E-state index in [-0.39, 0.29) is 45.2 Å². The molecule has 0 spiro atoms. The molecule has 388 valence electrons. The van der Waals surface area contributed by atoms with E-state index < -0.39 is 0 Å². The van der Waals surface area contributed by atoms with Crippen molar-refractivity contribution in [2.24, 2.45) is 38.9 Å². The SMILES string of the molecule is C=C1\C(=C/C(=C/N2C=C3B(C=C2/C=C2\C(=C)C(C)(C)CCC2(C)C)c2c(sc4ccc(C(C)(C)C)cc24)N(C/C=C/C(C)(C)CCC(C)(C)/C=C/C)C3CC(=C)C(C)(C)C)C(/C)=C/C=C\C)C(C)CCC1C. The first-order valence-electron chi connectivity index (χ1n) is 27.7. The molecule has 2 aromatic rings. The first-order chi connectivity index (χ1) is 33.3. The molecule has 0 bridgehead atoms. The van der Waals surface area contributed by atoms with Gasteiger partial charge >= 0.3 is 0 Å². The van der Waals surface area contributed by atoms with Gasteiger partial charge < -0.3 is 9.80 Å². The van der Waals surface area contributed by atoms with E-state index in [9.17, 15) is 0 Å². The van der Waals surface area contributed by atoms with Crippen LogP contribution in [0.4, 0.5) is 5.00 Å². The van der Waals surface area contributed by atoms with Gasteiger partial charge in [-0.05, 0) is 178 Å². The maximum absolute atomic E-state index is 4.89. The Bertz CT molecular complexity index is 2690. The molecule has 2 aliphatic heterocycles. The van der Waals surface area contributed by atoms with Crippen LogP contribution in [0.3, 0.4) is 0 Å². The van der Waals surface area contributed by atoms with Gasteiger partial charge in [0.2, 0.25) is 6.71 Å². The molecule has 0 N–H and O–H groups in total. The molecule has 3 unspecified atom stereocenters. The van der Waals surface area contributed by atoms with E-state index in [0.717, 1.165) is 38.6 Å². The van der Waals surface area contributed by atoms with Crippen LogP contribution in [-0.4, -0.2) is 24.2 Å². The zero-order valence-electron chi connectivity index (χ0n) is 49.1. The minimum atomic E-state index is -0.0506. The maximum Gasteiger partial charge on any atom is 0.240 e. The topological polar surface area (TPSA) is 6.48 Å². The third-order valence-electron chi connectivity index (χ3n) is 17.2.